The first-order chi connectivity index (χ1) is 10.1. The smallest absolute Gasteiger partial charge is 0.123 e. The Kier molecular flexibility index (Phi) is 4.45. The lowest BCUT2D eigenvalue weighted by atomic mass is 9.91. The molecule has 2 atom stereocenters. The van der Waals surface area contributed by atoms with E-state index in [4.69, 9.17) is 0 Å². The van der Waals surface area contributed by atoms with Gasteiger partial charge in [-0.3, -0.25) is 0 Å². The molecule has 0 amide bonds. The van der Waals surface area contributed by atoms with E-state index < -0.39 is 0 Å². The van der Waals surface area contributed by atoms with Crippen LogP contribution in [0.25, 0.3) is 0 Å². The maximum absolute atomic E-state index is 13.6. The largest absolute Gasteiger partial charge is 0.391 e. The fourth-order valence-corrected chi connectivity index (χ4v) is 3.30. The lowest BCUT2D eigenvalue weighted by Gasteiger charge is -2.37. The fraction of sp³-hybridized carbons (Fsp3) is 0.647. The molecule has 4 heteroatoms. The molecule has 3 rings (SSSR count). The first kappa shape index (κ1) is 14.8. The van der Waals surface area contributed by atoms with Crippen molar-refractivity contribution in [3.05, 3.63) is 29.6 Å². The summed E-state index contributed by atoms with van der Waals surface area (Å²) >= 11 is 0. The van der Waals surface area contributed by atoms with Gasteiger partial charge in [-0.25, -0.2) is 4.39 Å². The molecule has 2 N–H and O–H groups in total. The number of hydrogen-bond donors (Lipinski definition) is 2. The molecule has 2 aliphatic rings. The summed E-state index contributed by atoms with van der Waals surface area (Å²) in [5.74, 6) is -0.191. The Morgan fingerprint density at radius 2 is 2.00 bits per heavy atom. The molecule has 2 aliphatic carbocycles. The molecule has 2 fully saturated rings. The van der Waals surface area contributed by atoms with Crippen molar-refractivity contribution in [2.45, 2.75) is 63.3 Å². The zero-order valence-corrected chi connectivity index (χ0v) is 12.7. The first-order valence-electron chi connectivity index (χ1n) is 8.08. The summed E-state index contributed by atoms with van der Waals surface area (Å²) in [5.41, 5.74) is 2.03. The summed E-state index contributed by atoms with van der Waals surface area (Å²) in [6.07, 6.45) is 6.30. The van der Waals surface area contributed by atoms with Crippen LogP contribution in [0, 0.1) is 5.82 Å². The van der Waals surface area contributed by atoms with Crippen LogP contribution in [0.15, 0.2) is 18.2 Å². The third-order valence-corrected chi connectivity index (χ3v) is 4.77. The Morgan fingerprint density at radius 1 is 1.24 bits per heavy atom. The number of aliphatic hydroxyl groups excluding tert-OH is 1. The highest BCUT2D eigenvalue weighted by Gasteiger charge is 2.28. The third kappa shape index (κ3) is 3.55. The topological polar surface area (TPSA) is 35.5 Å². The molecule has 21 heavy (non-hydrogen) atoms. The van der Waals surface area contributed by atoms with Crippen molar-refractivity contribution < 1.29 is 9.50 Å². The van der Waals surface area contributed by atoms with E-state index in [1.54, 1.807) is 6.07 Å². The van der Waals surface area contributed by atoms with Crippen molar-refractivity contribution in [2.75, 3.05) is 11.9 Å². The second kappa shape index (κ2) is 6.32. The number of anilines is 1. The molecule has 2 unspecified atom stereocenters. The van der Waals surface area contributed by atoms with E-state index in [-0.39, 0.29) is 18.0 Å². The summed E-state index contributed by atoms with van der Waals surface area (Å²) in [6.45, 7) is 0.699. The third-order valence-electron chi connectivity index (χ3n) is 4.77. The number of nitrogens with one attached hydrogen (secondary N) is 1. The first-order valence-corrected chi connectivity index (χ1v) is 8.08. The summed E-state index contributed by atoms with van der Waals surface area (Å²) in [6, 6.07) is 5.73. The van der Waals surface area contributed by atoms with Crippen LogP contribution in [0.2, 0.25) is 0 Å². The minimum Gasteiger partial charge on any atom is -0.391 e. The van der Waals surface area contributed by atoms with Gasteiger partial charge in [-0.2, -0.15) is 0 Å². The summed E-state index contributed by atoms with van der Waals surface area (Å²) in [5, 5.41) is 13.7. The van der Waals surface area contributed by atoms with Gasteiger partial charge in [-0.05, 0) is 49.4 Å². The Morgan fingerprint density at radius 3 is 2.71 bits per heavy atom. The monoisotopic (exact) mass is 292 g/mol. The minimum atomic E-state index is -0.280. The van der Waals surface area contributed by atoms with Crippen LogP contribution < -0.4 is 10.2 Å². The molecule has 1 aromatic rings. The van der Waals surface area contributed by atoms with Crippen molar-refractivity contribution in [2.24, 2.45) is 0 Å². The van der Waals surface area contributed by atoms with Gasteiger partial charge >= 0.3 is 0 Å². The Hall–Kier alpha value is -1.13. The maximum Gasteiger partial charge on any atom is 0.123 e. The van der Waals surface area contributed by atoms with Gasteiger partial charge in [0.2, 0.25) is 0 Å². The zero-order chi connectivity index (χ0) is 14.8. The van der Waals surface area contributed by atoms with Crippen molar-refractivity contribution in [1.29, 1.82) is 0 Å². The molecule has 0 radical (unpaired) electrons. The molecule has 0 saturated heterocycles. The highest BCUT2D eigenvalue weighted by Crippen LogP contribution is 2.30. The van der Waals surface area contributed by atoms with Crippen molar-refractivity contribution in [3.63, 3.8) is 0 Å². The number of likely N-dealkylation sites (N-methyl/N-ethyl adjacent to an activating group) is 1. The molecule has 2 saturated carbocycles. The molecule has 0 spiro atoms. The van der Waals surface area contributed by atoms with Gasteiger partial charge in [0.15, 0.2) is 0 Å². The number of benzene rings is 1. The van der Waals surface area contributed by atoms with Crippen LogP contribution in [0.4, 0.5) is 10.1 Å². The lowest BCUT2D eigenvalue weighted by Crippen LogP contribution is -2.44. The van der Waals surface area contributed by atoms with E-state index in [0.717, 1.165) is 36.9 Å². The molecule has 1 aromatic carbocycles. The number of rotatable bonds is 5. The van der Waals surface area contributed by atoms with E-state index in [1.165, 1.54) is 18.9 Å². The second-order valence-electron chi connectivity index (χ2n) is 6.46. The van der Waals surface area contributed by atoms with Crippen molar-refractivity contribution in [3.8, 4) is 0 Å². The Bertz CT molecular complexity index is 490. The van der Waals surface area contributed by atoms with Gasteiger partial charge < -0.3 is 15.3 Å². The summed E-state index contributed by atoms with van der Waals surface area (Å²) in [4.78, 5) is 2.15. The van der Waals surface area contributed by atoms with Crippen molar-refractivity contribution >= 4 is 5.69 Å². The molecule has 0 bridgehead atoms. The Labute approximate surface area is 126 Å². The van der Waals surface area contributed by atoms with Crippen LogP contribution >= 0.6 is 0 Å². The summed E-state index contributed by atoms with van der Waals surface area (Å²) < 4.78 is 13.6. The van der Waals surface area contributed by atoms with Gasteiger partial charge in [0.25, 0.3) is 0 Å². The molecule has 3 nitrogen and oxygen atoms in total. The number of halogens is 1. The van der Waals surface area contributed by atoms with E-state index in [1.807, 2.05) is 13.1 Å². The van der Waals surface area contributed by atoms with Crippen LogP contribution in [0.3, 0.4) is 0 Å². The van der Waals surface area contributed by atoms with E-state index in [0.29, 0.717) is 12.6 Å². The zero-order valence-electron chi connectivity index (χ0n) is 12.7. The van der Waals surface area contributed by atoms with Crippen LogP contribution in [-0.2, 0) is 6.54 Å². The lowest BCUT2D eigenvalue weighted by molar-refractivity contribution is 0.106. The van der Waals surface area contributed by atoms with Gasteiger partial charge in [-0.15, -0.1) is 0 Å². The number of hydrogen-bond acceptors (Lipinski definition) is 3. The second-order valence-corrected chi connectivity index (χ2v) is 6.46. The molecule has 116 valence electrons. The van der Waals surface area contributed by atoms with Gasteiger partial charge in [0.05, 0.1) is 12.1 Å². The van der Waals surface area contributed by atoms with Crippen LogP contribution in [0.5, 0.6) is 0 Å². The highest BCUT2D eigenvalue weighted by atomic mass is 19.1. The molecule has 0 aliphatic heterocycles. The van der Waals surface area contributed by atoms with Gasteiger partial charge in [0, 0.05) is 25.3 Å². The molecule has 0 heterocycles. The normalized spacial score (nSPS) is 25.9. The minimum absolute atomic E-state index is 0.142. The summed E-state index contributed by atoms with van der Waals surface area (Å²) in [7, 11) is 2.02. The predicted molar refractivity (Wildman–Crippen MR) is 82.9 cm³/mol. The molecule has 0 aromatic heterocycles. The average molecular weight is 292 g/mol. The van der Waals surface area contributed by atoms with E-state index >= 15 is 0 Å². The van der Waals surface area contributed by atoms with Crippen molar-refractivity contribution in [1.82, 2.24) is 5.32 Å². The van der Waals surface area contributed by atoms with E-state index in [2.05, 4.69) is 10.2 Å². The Balaban J connectivity index is 1.78. The van der Waals surface area contributed by atoms with E-state index in [9.17, 15) is 9.50 Å². The van der Waals surface area contributed by atoms with Gasteiger partial charge in [-0.1, -0.05) is 12.8 Å². The van der Waals surface area contributed by atoms with Gasteiger partial charge in [0.1, 0.15) is 5.82 Å². The number of nitrogens with zero attached hydrogens (tertiary/aromatic N) is 1. The standard InChI is InChI=1S/C17H25FN2O/c1-20(16-4-2-3-5-17(16)21)15-9-6-13(18)10-12(15)11-19-14-7-8-14/h6,9-10,14,16-17,19,21H,2-5,7-8,11H2,1H3. The quantitative estimate of drug-likeness (QED) is 0.876. The number of aliphatic hydroxyl groups is 1. The maximum atomic E-state index is 13.6. The molecular formula is C17H25FN2O. The van der Waals surface area contributed by atoms with Crippen LogP contribution in [-0.4, -0.2) is 30.3 Å². The van der Waals surface area contributed by atoms with Crippen LogP contribution in [0.1, 0.15) is 44.1 Å². The SMILES string of the molecule is CN(c1ccc(F)cc1CNC1CC1)C1CCCCC1O. The highest BCUT2D eigenvalue weighted by molar-refractivity contribution is 5.54. The average Bonchev–Trinajstić information content (AvgIpc) is 3.29. The molecular weight excluding hydrogens is 267 g/mol. The fourth-order valence-electron chi connectivity index (χ4n) is 3.30. The predicted octanol–water partition coefficient (Wildman–Crippen LogP) is 2.82.